The van der Waals surface area contributed by atoms with E-state index in [2.05, 4.69) is 10.0 Å². The molecule has 4 aromatic carbocycles. The summed E-state index contributed by atoms with van der Waals surface area (Å²) in [5.74, 6) is -0.415. The van der Waals surface area contributed by atoms with Crippen LogP contribution in [0.2, 0.25) is 5.02 Å². The molecule has 0 atom stereocenters. The van der Waals surface area contributed by atoms with Crippen LogP contribution in [0, 0.1) is 6.92 Å². The van der Waals surface area contributed by atoms with E-state index >= 15 is 0 Å². The average Bonchev–Trinajstić information content (AvgIpc) is 2.83. The zero-order valence-electron chi connectivity index (χ0n) is 18.4. The van der Waals surface area contributed by atoms with E-state index in [1.165, 1.54) is 18.2 Å². The molecule has 0 saturated heterocycles. The Labute approximate surface area is 204 Å². The number of benzene rings is 4. The van der Waals surface area contributed by atoms with Crippen molar-refractivity contribution in [3.05, 3.63) is 130 Å². The second-order valence-corrected chi connectivity index (χ2v) is 9.91. The van der Waals surface area contributed by atoms with Crippen LogP contribution in [0.4, 0.5) is 5.69 Å². The average molecular weight is 491 g/mol. The van der Waals surface area contributed by atoms with E-state index in [4.69, 9.17) is 11.6 Å². The summed E-state index contributed by atoms with van der Waals surface area (Å²) in [4.78, 5) is 13.1. The molecule has 0 aromatic heterocycles. The molecule has 0 bridgehead atoms. The van der Waals surface area contributed by atoms with E-state index in [0.29, 0.717) is 5.69 Å². The van der Waals surface area contributed by atoms with Gasteiger partial charge in [-0.15, -0.1) is 0 Å². The van der Waals surface area contributed by atoms with Crippen LogP contribution in [0.5, 0.6) is 0 Å². The van der Waals surface area contributed by atoms with Gasteiger partial charge in [-0.3, -0.25) is 9.52 Å². The van der Waals surface area contributed by atoms with E-state index < -0.39 is 22.0 Å². The summed E-state index contributed by atoms with van der Waals surface area (Å²) in [7, 11) is -4.01. The third-order valence-corrected chi connectivity index (χ3v) is 7.16. The summed E-state index contributed by atoms with van der Waals surface area (Å²) >= 11 is 6.23. The number of carbonyl (C=O) groups excluding carboxylic acids is 1. The lowest BCUT2D eigenvalue weighted by molar-refractivity contribution is 0.0942. The fraction of sp³-hybridized carbons (Fsp3) is 0.0741. The summed E-state index contributed by atoms with van der Waals surface area (Å²) in [6, 6.07) is 30.0. The molecule has 34 heavy (non-hydrogen) atoms. The van der Waals surface area contributed by atoms with Crippen LogP contribution in [0.3, 0.4) is 0 Å². The number of hydrogen-bond acceptors (Lipinski definition) is 3. The molecule has 0 saturated carbocycles. The summed E-state index contributed by atoms with van der Waals surface area (Å²) in [6.07, 6.45) is 0. The third-order valence-electron chi connectivity index (χ3n) is 5.29. The Balaban J connectivity index is 1.64. The first-order valence-electron chi connectivity index (χ1n) is 10.6. The van der Waals surface area contributed by atoms with Gasteiger partial charge in [-0.25, -0.2) is 8.42 Å². The Morgan fingerprint density at radius 1 is 0.794 bits per heavy atom. The normalized spacial score (nSPS) is 11.3. The minimum atomic E-state index is -4.01. The molecule has 4 aromatic rings. The van der Waals surface area contributed by atoms with Crippen molar-refractivity contribution in [1.29, 1.82) is 0 Å². The van der Waals surface area contributed by atoms with Crippen LogP contribution >= 0.6 is 11.6 Å². The van der Waals surface area contributed by atoms with Gasteiger partial charge in [0.25, 0.3) is 15.9 Å². The second-order valence-electron chi connectivity index (χ2n) is 7.85. The largest absolute Gasteiger partial charge is 0.341 e. The van der Waals surface area contributed by atoms with Gasteiger partial charge in [0.05, 0.1) is 11.1 Å². The molecule has 172 valence electrons. The lowest BCUT2D eigenvalue weighted by atomic mass is 9.98. The molecule has 2 N–H and O–H groups in total. The third kappa shape index (κ3) is 5.47. The van der Waals surface area contributed by atoms with E-state index in [-0.39, 0.29) is 15.5 Å². The SMILES string of the molecule is Cc1cccc(NS(=O)(=O)c2cc(C(=O)NC(c3ccccc3)c3ccccc3)ccc2Cl)c1. The van der Waals surface area contributed by atoms with Crippen molar-refractivity contribution in [1.82, 2.24) is 5.32 Å². The van der Waals surface area contributed by atoms with Gasteiger partial charge in [0.1, 0.15) is 4.90 Å². The Morgan fingerprint density at radius 3 is 2.00 bits per heavy atom. The van der Waals surface area contributed by atoms with E-state index in [9.17, 15) is 13.2 Å². The molecule has 1 amide bonds. The fourth-order valence-corrected chi connectivity index (χ4v) is 5.21. The quantitative estimate of drug-likeness (QED) is 0.335. The van der Waals surface area contributed by atoms with Crippen molar-refractivity contribution in [3.8, 4) is 0 Å². The lowest BCUT2D eigenvalue weighted by Crippen LogP contribution is -2.29. The predicted octanol–water partition coefficient (Wildman–Crippen LogP) is 5.97. The van der Waals surface area contributed by atoms with Crippen LogP contribution in [0.25, 0.3) is 0 Å². The van der Waals surface area contributed by atoms with Crippen LogP contribution in [-0.4, -0.2) is 14.3 Å². The number of halogens is 1. The molecule has 0 radical (unpaired) electrons. The maximum Gasteiger partial charge on any atom is 0.263 e. The number of anilines is 1. The number of hydrogen-bond donors (Lipinski definition) is 2. The van der Waals surface area contributed by atoms with Gasteiger partial charge in [0.15, 0.2) is 0 Å². The van der Waals surface area contributed by atoms with Gasteiger partial charge in [-0.1, -0.05) is 84.4 Å². The van der Waals surface area contributed by atoms with Crippen LogP contribution in [0.15, 0.2) is 108 Å². The fourth-order valence-electron chi connectivity index (χ4n) is 3.63. The Hall–Kier alpha value is -3.61. The Bertz CT molecular complexity index is 1370. The molecule has 0 aliphatic heterocycles. The van der Waals surface area contributed by atoms with Gasteiger partial charge in [-0.2, -0.15) is 0 Å². The molecule has 7 heteroatoms. The molecule has 4 rings (SSSR count). The topological polar surface area (TPSA) is 75.3 Å². The molecular formula is C27H23ClN2O3S. The Morgan fingerprint density at radius 2 is 1.41 bits per heavy atom. The van der Waals surface area contributed by atoms with Crippen molar-refractivity contribution in [2.24, 2.45) is 0 Å². The molecule has 0 fully saturated rings. The molecule has 0 aliphatic rings. The monoisotopic (exact) mass is 490 g/mol. The minimum Gasteiger partial charge on any atom is -0.341 e. The first kappa shape index (κ1) is 23.5. The number of nitrogens with one attached hydrogen (secondary N) is 2. The number of amides is 1. The molecule has 0 heterocycles. The molecule has 0 spiro atoms. The summed E-state index contributed by atoms with van der Waals surface area (Å²) in [6.45, 7) is 1.87. The highest BCUT2D eigenvalue weighted by Gasteiger charge is 2.22. The summed E-state index contributed by atoms with van der Waals surface area (Å²) in [5, 5.41) is 3.05. The maximum absolute atomic E-state index is 13.2. The number of sulfonamides is 1. The highest BCUT2D eigenvalue weighted by molar-refractivity contribution is 7.92. The standard InChI is InChI=1S/C27H23ClN2O3S/c1-19-9-8-14-23(17-19)30-34(32,33)25-18-22(15-16-24(25)28)27(31)29-26(20-10-4-2-5-11-20)21-12-6-3-7-13-21/h2-18,26,30H,1H3,(H,29,31). The van der Waals surface area contributed by atoms with Crippen molar-refractivity contribution in [2.45, 2.75) is 17.9 Å². The molecule has 5 nitrogen and oxygen atoms in total. The first-order chi connectivity index (χ1) is 16.3. The number of rotatable bonds is 7. The van der Waals surface area contributed by atoms with Gasteiger partial charge < -0.3 is 5.32 Å². The molecule has 0 aliphatic carbocycles. The van der Waals surface area contributed by atoms with Gasteiger partial charge in [0.2, 0.25) is 0 Å². The van der Waals surface area contributed by atoms with Crippen molar-refractivity contribution in [2.75, 3.05) is 4.72 Å². The van der Waals surface area contributed by atoms with Crippen molar-refractivity contribution in [3.63, 3.8) is 0 Å². The van der Waals surface area contributed by atoms with Crippen LogP contribution < -0.4 is 10.0 Å². The zero-order chi connectivity index (χ0) is 24.1. The number of aryl methyl sites for hydroxylation is 1. The highest BCUT2D eigenvalue weighted by Crippen LogP contribution is 2.27. The smallest absolute Gasteiger partial charge is 0.263 e. The van der Waals surface area contributed by atoms with Crippen LogP contribution in [0.1, 0.15) is 33.1 Å². The lowest BCUT2D eigenvalue weighted by Gasteiger charge is -2.20. The highest BCUT2D eigenvalue weighted by atomic mass is 35.5. The maximum atomic E-state index is 13.2. The number of carbonyl (C=O) groups is 1. The molecule has 0 unspecified atom stereocenters. The minimum absolute atomic E-state index is 0.0272. The first-order valence-corrected chi connectivity index (χ1v) is 12.5. The van der Waals surface area contributed by atoms with Gasteiger partial charge >= 0.3 is 0 Å². The van der Waals surface area contributed by atoms with E-state index in [0.717, 1.165) is 16.7 Å². The van der Waals surface area contributed by atoms with Crippen LogP contribution in [-0.2, 0) is 10.0 Å². The summed E-state index contributed by atoms with van der Waals surface area (Å²) in [5.41, 5.74) is 3.33. The predicted molar refractivity (Wildman–Crippen MR) is 136 cm³/mol. The Kier molecular flexibility index (Phi) is 7.01. The molecular weight excluding hydrogens is 468 g/mol. The van der Waals surface area contributed by atoms with E-state index in [1.54, 1.807) is 18.2 Å². The van der Waals surface area contributed by atoms with Crippen molar-refractivity contribution >= 4 is 33.2 Å². The van der Waals surface area contributed by atoms with E-state index in [1.807, 2.05) is 73.7 Å². The zero-order valence-corrected chi connectivity index (χ0v) is 20.0. The van der Waals surface area contributed by atoms with Gasteiger partial charge in [-0.05, 0) is 53.9 Å². The van der Waals surface area contributed by atoms with Gasteiger partial charge in [0, 0.05) is 11.3 Å². The van der Waals surface area contributed by atoms with Crippen molar-refractivity contribution < 1.29 is 13.2 Å². The summed E-state index contributed by atoms with van der Waals surface area (Å²) < 4.78 is 28.6. The second kappa shape index (κ2) is 10.1.